The van der Waals surface area contributed by atoms with Gasteiger partial charge in [0.25, 0.3) is 5.91 Å². The van der Waals surface area contributed by atoms with Crippen molar-refractivity contribution in [3.63, 3.8) is 0 Å². The van der Waals surface area contributed by atoms with Gasteiger partial charge in [-0.15, -0.1) is 0 Å². The van der Waals surface area contributed by atoms with Crippen LogP contribution in [0.15, 0.2) is 12.1 Å². The summed E-state index contributed by atoms with van der Waals surface area (Å²) in [5.74, 6) is -5.30. The molecule has 96 valence electrons. The number of halogens is 3. The van der Waals surface area contributed by atoms with Crippen LogP contribution in [0.3, 0.4) is 0 Å². The molecule has 1 aromatic carbocycles. The van der Waals surface area contributed by atoms with Crippen molar-refractivity contribution in [2.45, 2.75) is 12.5 Å². The summed E-state index contributed by atoms with van der Waals surface area (Å²) in [4.78, 5) is 23.7. The van der Waals surface area contributed by atoms with Gasteiger partial charge in [0.05, 0.1) is 12.1 Å². The number of carbonyl (C=O) groups excluding carboxylic acids is 2. The summed E-state index contributed by atoms with van der Waals surface area (Å²) in [6.45, 7) is 0. The number of nitrogens with zero attached hydrogens (tertiary/aromatic N) is 1. The van der Waals surface area contributed by atoms with Crippen LogP contribution in [-0.4, -0.2) is 29.8 Å². The van der Waals surface area contributed by atoms with E-state index in [4.69, 9.17) is 0 Å². The first-order valence-electron chi connectivity index (χ1n) is 5.12. The number of carbonyl (C=O) groups is 2. The minimum atomic E-state index is -1.62. The molecule has 1 unspecified atom stereocenters. The maximum absolute atomic E-state index is 13.3. The topological polar surface area (TPSA) is 49.4 Å². The first-order valence-corrected chi connectivity index (χ1v) is 5.12. The third-order valence-corrected chi connectivity index (χ3v) is 2.75. The van der Waals surface area contributed by atoms with Gasteiger partial charge < -0.3 is 5.32 Å². The average Bonchev–Trinajstić information content (AvgIpc) is 2.58. The number of anilines is 1. The number of hydrogen-bond donors (Lipinski definition) is 1. The zero-order chi connectivity index (χ0) is 13.4. The number of likely N-dealkylation sites (tertiary alicyclic amines) is 1. The normalized spacial score (nSPS) is 19.6. The summed E-state index contributed by atoms with van der Waals surface area (Å²) in [5.41, 5.74) is -0.352. The molecule has 2 rings (SSSR count). The van der Waals surface area contributed by atoms with Crippen molar-refractivity contribution in [3.05, 3.63) is 29.6 Å². The molecule has 0 saturated carbocycles. The molecule has 0 spiro atoms. The van der Waals surface area contributed by atoms with Gasteiger partial charge in [0.15, 0.2) is 17.5 Å². The van der Waals surface area contributed by atoms with Crippen LogP contribution in [0.5, 0.6) is 0 Å². The van der Waals surface area contributed by atoms with Crippen LogP contribution in [0.25, 0.3) is 0 Å². The van der Waals surface area contributed by atoms with Gasteiger partial charge in [0.1, 0.15) is 6.04 Å². The van der Waals surface area contributed by atoms with E-state index in [9.17, 15) is 22.8 Å². The number of rotatable bonds is 2. The Balaban J connectivity index is 2.23. The number of hydrogen-bond acceptors (Lipinski definition) is 3. The molecular weight excluding hydrogens is 249 g/mol. The van der Waals surface area contributed by atoms with Crippen LogP contribution in [0.1, 0.15) is 6.42 Å². The Bertz CT molecular complexity index is 533. The fraction of sp³-hybridized carbons (Fsp3) is 0.273. The van der Waals surface area contributed by atoms with E-state index in [2.05, 4.69) is 5.32 Å². The van der Waals surface area contributed by atoms with Crippen LogP contribution in [0.2, 0.25) is 0 Å². The smallest absolute Gasteiger partial charge is 0.251 e. The lowest BCUT2D eigenvalue weighted by molar-refractivity contribution is -0.136. The van der Waals surface area contributed by atoms with E-state index in [0.29, 0.717) is 0 Å². The molecule has 18 heavy (non-hydrogen) atoms. The minimum absolute atomic E-state index is 0.145. The van der Waals surface area contributed by atoms with Gasteiger partial charge in [0, 0.05) is 7.05 Å². The van der Waals surface area contributed by atoms with Crippen molar-refractivity contribution < 1.29 is 22.8 Å². The van der Waals surface area contributed by atoms with Crippen molar-refractivity contribution >= 4 is 17.5 Å². The summed E-state index contributed by atoms with van der Waals surface area (Å²) in [6.07, 6.45) is -0.145. The fourth-order valence-corrected chi connectivity index (χ4v) is 1.69. The Morgan fingerprint density at radius 2 is 1.89 bits per heavy atom. The molecular formula is C11H9F3N2O2. The lowest BCUT2D eigenvalue weighted by Crippen LogP contribution is -2.32. The lowest BCUT2D eigenvalue weighted by Gasteiger charge is -2.13. The second kappa shape index (κ2) is 4.32. The van der Waals surface area contributed by atoms with Crippen LogP contribution in [0.4, 0.5) is 18.9 Å². The van der Waals surface area contributed by atoms with Gasteiger partial charge in [-0.1, -0.05) is 0 Å². The standard InChI is InChI=1S/C11H9F3N2O2/c1-16-8(17)4-7(11(16)18)15-6-3-2-5(12)9(13)10(6)14/h2-3,7,15H,4H2,1H3. The highest BCUT2D eigenvalue weighted by Gasteiger charge is 2.36. The van der Waals surface area contributed by atoms with Crippen molar-refractivity contribution in [1.82, 2.24) is 4.90 Å². The van der Waals surface area contributed by atoms with Crippen molar-refractivity contribution in [3.8, 4) is 0 Å². The Labute approximate surface area is 100 Å². The summed E-state index contributed by atoms with van der Waals surface area (Å²) >= 11 is 0. The van der Waals surface area contributed by atoms with Gasteiger partial charge in [-0.2, -0.15) is 0 Å². The summed E-state index contributed by atoms with van der Waals surface area (Å²) < 4.78 is 39.0. The number of imide groups is 1. The van der Waals surface area contributed by atoms with Crippen LogP contribution < -0.4 is 5.32 Å². The SMILES string of the molecule is CN1C(=O)CC(Nc2ccc(F)c(F)c2F)C1=O. The molecule has 2 amide bonds. The highest BCUT2D eigenvalue weighted by Crippen LogP contribution is 2.23. The lowest BCUT2D eigenvalue weighted by atomic mass is 10.2. The zero-order valence-corrected chi connectivity index (χ0v) is 9.34. The third-order valence-electron chi connectivity index (χ3n) is 2.75. The number of amides is 2. The van der Waals surface area contributed by atoms with Crippen molar-refractivity contribution in [2.75, 3.05) is 12.4 Å². The van der Waals surface area contributed by atoms with E-state index in [0.717, 1.165) is 17.0 Å². The van der Waals surface area contributed by atoms with E-state index in [1.54, 1.807) is 0 Å². The number of likely N-dealkylation sites (N-methyl/N-ethyl adjacent to an activating group) is 1. The minimum Gasteiger partial charge on any atom is -0.371 e. The van der Waals surface area contributed by atoms with Crippen LogP contribution >= 0.6 is 0 Å². The highest BCUT2D eigenvalue weighted by atomic mass is 19.2. The Morgan fingerprint density at radius 3 is 2.44 bits per heavy atom. The predicted octanol–water partition coefficient (Wildman–Crippen LogP) is 1.27. The monoisotopic (exact) mass is 258 g/mol. The van der Waals surface area contributed by atoms with E-state index >= 15 is 0 Å². The second-order valence-corrected chi connectivity index (χ2v) is 3.91. The maximum atomic E-state index is 13.3. The molecule has 1 saturated heterocycles. The Hall–Kier alpha value is -2.05. The van der Waals surface area contributed by atoms with Gasteiger partial charge in [-0.25, -0.2) is 13.2 Å². The molecule has 1 atom stereocenters. The molecule has 0 aliphatic carbocycles. The van der Waals surface area contributed by atoms with Gasteiger partial charge in [-0.05, 0) is 12.1 Å². The fourth-order valence-electron chi connectivity index (χ4n) is 1.69. The molecule has 0 aromatic heterocycles. The predicted molar refractivity (Wildman–Crippen MR) is 56.1 cm³/mol. The average molecular weight is 258 g/mol. The van der Waals surface area contributed by atoms with Crippen molar-refractivity contribution in [2.24, 2.45) is 0 Å². The van der Waals surface area contributed by atoms with Crippen LogP contribution in [0, 0.1) is 17.5 Å². The summed E-state index contributed by atoms with van der Waals surface area (Å²) in [6, 6.07) is 0.761. The Morgan fingerprint density at radius 1 is 1.22 bits per heavy atom. The quantitative estimate of drug-likeness (QED) is 0.642. The Kier molecular flexibility index (Phi) is 2.98. The van der Waals surface area contributed by atoms with E-state index < -0.39 is 35.3 Å². The molecule has 4 nitrogen and oxygen atoms in total. The largest absolute Gasteiger partial charge is 0.371 e. The summed E-state index contributed by atoms with van der Waals surface area (Å²) in [5, 5.41) is 2.39. The number of benzene rings is 1. The van der Waals surface area contributed by atoms with Gasteiger partial charge in [-0.3, -0.25) is 14.5 Å². The molecule has 7 heteroatoms. The molecule has 1 aliphatic heterocycles. The first-order chi connectivity index (χ1) is 8.41. The van der Waals surface area contributed by atoms with Gasteiger partial charge in [0.2, 0.25) is 5.91 Å². The highest BCUT2D eigenvalue weighted by molar-refractivity contribution is 6.06. The van der Waals surface area contributed by atoms with Gasteiger partial charge >= 0.3 is 0 Å². The first kappa shape index (κ1) is 12.4. The van der Waals surface area contributed by atoms with Crippen molar-refractivity contribution in [1.29, 1.82) is 0 Å². The molecule has 0 radical (unpaired) electrons. The zero-order valence-electron chi connectivity index (χ0n) is 9.34. The molecule has 1 aliphatic rings. The van der Waals surface area contributed by atoms with Crippen LogP contribution in [-0.2, 0) is 9.59 Å². The molecule has 1 aromatic rings. The van der Waals surface area contributed by atoms with E-state index in [-0.39, 0.29) is 12.1 Å². The van der Waals surface area contributed by atoms with E-state index in [1.807, 2.05) is 0 Å². The molecule has 1 heterocycles. The summed E-state index contributed by atoms with van der Waals surface area (Å²) in [7, 11) is 1.30. The van der Waals surface area contributed by atoms with E-state index in [1.165, 1.54) is 7.05 Å². The molecule has 0 bridgehead atoms. The number of nitrogens with one attached hydrogen (secondary N) is 1. The maximum Gasteiger partial charge on any atom is 0.251 e. The third kappa shape index (κ3) is 1.92. The second-order valence-electron chi connectivity index (χ2n) is 3.91. The molecule has 1 N–H and O–H groups in total. The molecule has 1 fully saturated rings.